The van der Waals surface area contributed by atoms with Gasteiger partial charge in [0.1, 0.15) is 5.76 Å². The highest BCUT2D eigenvalue weighted by molar-refractivity contribution is 7.09. The van der Waals surface area contributed by atoms with Gasteiger partial charge in [-0.05, 0) is 32.9 Å². The number of aromatic nitrogens is 2. The SMILES string of the molecule is Cc1nc(-c2cccc(C(=O)NCc3nc(C)c(C)o3)c2)cs1. The largest absolute Gasteiger partial charge is 0.444 e. The van der Waals surface area contributed by atoms with Crippen LogP contribution in [0.5, 0.6) is 0 Å². The van der Waals surface area contributed by atoms with Crippen LogP contribution in [0.4, 0.5) is 0 Å². The van der Waals surface area contributed by atoms with Gasteiger partial charge in [-0.15, -0.1) is 11.3 Å². The summed E-state index contributed by atoms with van der Waals surface area (Å²) >= 11 is 1.59. The van der Waals surface area contributed by atoms with Crippen molar-refractivity contribution in [2.75, 3.05) is 0 Å². The molecule has 3 rings (SSSR count). The van der Waals surface area contributed by atoms with Crippen LogP contribution < -0.4 is 5.32 Å². The molecule has 0 aliphatic heterocycles. The fourth-order valence-electron chi connectivity index (χ4n) is 2.19. The Bertz CT molecular complexity index is 832. The van der Waals surface area contributed by atoms with Gasteiger partial charge in [0.05, 0.1) is 22.9 Å². The molecule has 0 radical (unpaired) electrons. The Morgan fingerprint density at radius 1 is 1.26 bits per heavy atom. The minimum atomic E-state index is -0.160. The molecule has 23 heavy (non-hydrogen) atoms. The average Bonchev–Trinajstić information content (AvgIpc) is 3.11. The zero-order chi connectivity index (χ0) is 16.4. The molecule has 1 aromatic carbocycles. The third-order valence-electron chi connectivity index (χ3n) is 3.51. The van der Waals surface area contributed by atoms with Crippen molar-refractivity contribution in [3.05, 3.63) is 57.6 Å². The summed E-state index contributed by atoms with van der Waals surface area (Å²) in [6.45, 7) is 5.97. The molecular weight excluding hydrogens is 310 g/mol. The van der Waals surface area contributed by atoms with Crippen LogP contribution in [0.2, 0.25) is 0 Å². The van der Waals surface area contributed by atoms with Crippen LogP contribution in [-0.4, -0.2) is 15.9 Å². The van der Waals surface area contributed by atoms with Gasteiger partial charge in [0.2, 0.25) is 5.89 Å². The van der Waals surface area contributed by atoms with Crippen molar-refractivity contribution in [3.8, 4) is 11.3 Å². The normalized spacial score (nSPS) is 10.7. The Hall–Kier alpha value is -2.47. The molecule has 5 nitrogen and oxygen atoms in total. The van der Waals surface area contributed by atoms with E-state index in [4.69, 9.17) is 4.42 Å². The van der Waals surface area contributed by atoms with Gasteiger partial charge >= 0.3 is 0 Å². The van der Waals surface area contributed by atoms with E-state index >= 15 is 0 Å². The van der Waals surface area contributed by atoms with Crippen LogP contribution in [0.25, 0.3) is 11.3 Å². The third-order valence-corrected chi connectivity index (χ3v) is 4.29. The van der Waals surface area contributed by atoms with Crippen molar-refractivity contribution >= 4 is 17.2 Å². The molecule has 0 unspecified atom stereocenters. The van der Waals surface area contributed by atoms with E-state index < -0.39 is 0 Å². The number of oxazole rings is 1. The van der Waals surface area contributed by atoms with Crippen LogP contribution >= 0.6 is 11.3 Å². The molecule has 118 valence electrons. The molecule has 0 saturated carbocycles. The average molecular weight is 327 g/mol. The standard InChI is InChI=1S/C17H17N3O2S/c1-10-11(2)22-16(19-10)8-18-17(21)14-6-4-5-13(7-14)15-9-23-12(3)20-15/h4-7,9H,8H2,1-3H3,(H,18,21). The molecule has 0 spiro atoms. The number of nitrogens with one attached hydrogen (secondary N) is 1. The lowest BCUT2D eigenvalue weighted by molar-refractivity contribution is 0.0947. The summed E-state index contributed by atoms with van der Waals surface area (Å²) in [7, 11) is 0. The van der Waals surface area contributed by atoms with Crippen LogP contribution in [0, 0.1) is 20.8 Å². The fourth-order valence-corrected chi connectivity index (χ4v) is 2.81. The fraction of sp³-hybridized carbons (Fsp3) is 0.235. The zero-order valence-corrected chi connectivity index (χ0v) is 14.0. The number of aryl methyl sites for hydroxylation is 3. The van der Waals surface area contributed by atoms with Gasteiger partial charge in [-0.25, -0.2) is 9.97 Å². The van der Waals surface area contributed by atoms with Gasteiger partial charge in [0.25, 0.3) is 5.91 Å². The number of thiazole rings is 1. The molecule has 0 atom stereocenters. The third kappa shape index (κ3) is 3.48. The van der Waals surface area contributed by atoms with E-state index in [-0.39, 0.29) is 12.5 Å². The molecule has 6 heteroatoms. The maximum atomic E-state index is 12.3. The van der Waals surface area contributed by atoms with Crippen molar-refractivity contribution < 1.29 is 9.21 Å². The van der Waals surface area contributed by atoms with Crippen LogP contribution in [0.1, 0.15) is 32.7 Å². The molecule has 0 aliphatic carbocycles. The zero-order valence-electron chi connectivity index (χ0n) is 13.2. The summed E-state index contributed by atoms with van der Waals surface area (Å²) in [6.07, 6.45) is 0. The van der Waals surface area contributed by atoms with Gasteiger partial charge < -0.3 is 9.73 Å². The number of hydrogen-bond donors (Lipinski definition) is 1. The number of rotatable bonds is 4. The Balaban J connectivity index is 1.72. The molecule has 0 fully saturated rings. The first-order chi connectivity index (χ1) is 11.0. The van der Waals surface area contributed by atoms with E-state index in [0.717, 1.165) is 27.7 Å². The van der Waals surface area contributed by atoms with Gasteiger partial charge in [-0.1, -0.05) is 12.1 Å². The lowest BCUT2D eigenvalue weighted by Crippen LogP contribution is -2.22. The number of amides is 1. The van der Waals surface area contributed by atoms with E-state index in [1.807, 2.05) is 44.4 Å². The topological polar surface area (TPSA) is 68.0 Å². The summed E-state index contributed by atoms with van der Waals surface area (Å²) in [5.41, 5.74) is 3.26. The predicted octanol–water partition coefficient (Wildman–Crippen LogP) is 3.65. The summed E-state index contributed by atoms with van der Waals surface area (Å²) in [5.74, 6) is 1.13. The van der Waals surface area contributed by atoms with Crippen LogP contribution in [0.15, 0.2) is 34.1 Å². The van der Waals surface area contributed by atoms with Gasteiger partial charge in [-0.2, -0.15) is 0 Å². The smallest absolute Gasteiger partial charge is 0.251 e. The molecule has 1 N–H and O–H groups in total. The Morgan fingerprint density at radius 3 is 2.74 bits per heavy atom. The number of benzene rings is 1. The molecule has 1 amide bonds. The highest BCUT2D eigenvalue weighted by atomic mass is 32.1. The first-order valence-corrected chi connectivity index (χ1v) is 8.14. The maximum Gasteiger partial charge on any atom is 0.251 e. The lowest BCUT2D eigenvalue weighted by atomic mass is 10.1. The van der Waals surface area contributed by atoms with Crippen molar-refractivity contribution in [2.45, 2.75) is 27.3 Å². The number of nitrogens with zero attached hydrogens (tertiary/aromatic N) is 2. The molecule has 2 aromatic heterocycles. The summed E-state index contributed by atoms with van der Waals surface area (Å²) in [6, 6.07) is 7.43. The molecule has 3 aromatic rings. The second-order valence-corrected chi connectivity index (χ2v) is 6.33. The van der Waals surface area contributed by atoms with E-state index in [9.17, 15) is 4.79 Å². The summed E-state index contributed by atoms with van der Waals surface area (Å²) in [4.78, 5) is 21.0. The molecule has 0 saturated heterocycles. The van der Waals surface area contributed by atoms with E-state index in [2.05, 4.69) is 15.3 Å². The number of carbonyl (C=O) groups excluding carboxylic acids is 1. The van der Waals surface area contributed by atoms with Crippen LogP contribution in [-0.2, 0) is 6.54 Å². The summed E-state index contributed by atoms with van der Waals surface area (Å²) in [5, 5.41) is 5.82. The van der Waals surface area contributed by atoms with E-state index in [0.29, 0.717) is 11.5 Å². The number of carbonyl (C=O) groups is 1. The first-order valence-electron chi connectivity index (χ1n) is 7.26. The molecular formula is C17H17N3O2S. The second kappa shape index (κ2) is 6.34. The predicted molar refractivity (Wildman–Crippen MR) is 89.4 cm³/mol. The van der Waals surface area contributed by atoms with Gasteiger partial charge in [0.15, 0.2) is 0 Å². The highest BCUT2D eigenvalue weighted by Gasteiger charge is 2.11. The van der Waals surface area contributed by atoms with Gasteiger partial charge in [0, 0.05) is 16.5 Å². The lowest BCUT2D eigenvalue weighted by Gasteiger charge is -2.04. The van der Waals surface area contributed by atoms with E-state index in [1.165, 1.54) is 0 Å². The first kappa shape index (κ1) is 15.4. The van der Waals surface area contributed by atoms with Crippen molar-refractivity contribution in [3.63, 3.8) is 0 Å². The maximum absolute atomic E-state index is 12.3. The quantitative estimate of drug-likeness (QED) is 0.794. The second-order valence-electron chi connectivity index (χ2n) is 5.26. The molecule has 2 heterocycles. The van der Waals surface area contributed by atoms with Gasteiger partial charge in [-0.3, -0.25) is 4.79 Å². The Morgan fingerprint density at radius 2 is 2.09 bits per heavy atom. The molecule has 0 aliphatic rings. The highest BCUT2D eigenvalue weighted by Crippen LogP contribution is 2.22. The monoisotopic (exact) mass is 327 g/mol. The van der Waals surface area contributed by atoms with Crippen molar-refractivity contribution in [1.82, 2.24) is 15.3 Å². The molecule has 0 bridgehead atoms. The number of hydrogen-bond acceptors (Lipinski definition) is 5. The van der Waals surface area contributed by atoms with Crippen molar-refractivity contribution in [1.29, 1.82) is 0 Å². The minimum Gasteiger partial charge on any atom is -0.444 e. The summed E-state index contributed by atoms with van der Waals surface area (Å²) < 4.78 is 5.46. The minimum absolute atomic E-state index is 0.160. The van der Waals surface area contributed by atoms with Crippen LogP contribution in [0.3, 0.4) is 0 Å². The Labute approximate surface area is 138 Å². The Kier molecular flexibility index (Phi) is 4.25. The van der Waals surface area contributed by atoms with Crippen molar-refractivity contribution in [2.24, 2.45) is 0 Å². The van der Waals surface area contributed by atoms with E-state index in [1.54, 1.807) is 17.4 Å².